The van der Waals surface area contributed by atoms with Crippen LogP contribution in [-0.4, -0.2) is 0 Å². The topological polar surface area (TPSA) is 0 Å². The van der Waals surface area contributed by atoms with E-state index in [4.69, 9.17) is 0 Å². The van der Waals surface area contributed by atoms with Crippen LogP contribution in [0.4, 0.5) is 0 Å². The summed E-state index contributed by atoms with van der Waals surface area (Å²) in [6.45, 7) is 8.90. The summed E-state index contributed by atoms with van der Waals surface area (Å²) >= 11 is 0. The van der Waals surface area contributed by atoms with Gasteiger partial charge in [-0.05, 0) is 77.1 Å². The van der Waals surface area contributed by atoms with Crippen LogP contribution in [-0.2, 0) is 6.42 Å². The van der Waals surface area contributed by atoms with Gasteiger partial charge in [-0.2, -0.15) is 0 Å². The quantitative estimate of drug-likeness (QED) is 0.344. The van der Waals surface area contributed by atoms with Crippen LogP contribution in [0.25, 0.3) is 32.3 Å². The minimum atomic E-state index is 1.16. The number of unbranched alkanes of at least 4 members (excludes halogenated alkanes) is 1. The monoisotopic (exact) mass is 326 g/mol. The summed E-state index contributed by atoms with van der Waals surface area (Å²) < 4.78 is 0. The lowest BCUT2D eigenvalue weighted by Gasteiger charge is -2.16. The van der Waals surface area contributed by atoms with E-state index in [1.165, 1.54) is 67.4 Å². The van der Waals surface area contributed by atoms with Crippen molar-refractivity contribution >= 4 is 32.3 Å². The smallest absolute Gasteiger partial charge is 0.00667 e. The summed E-state index contributed by atoms with van der Waals surface area (Å²) in [6.07, 6.45) is 3.63. The van der Waals surface area contributed by atoms with Crippen molar-refractivity contribution in [1.82, 2.24) is 0 Å². The Hall–Kier alpha value is -2.34. The van der Waals surface area contributed by atoms with Gasteiger partial charge in [-0.15, -0.1) is 0 Å². The summed E-state index contributed by atoms with van der Waals surface area (Å²) in [4.78, 5) is 0. The first-order chi connectivity index (χ1) is 12.1. The van der Waals surface area contributed by atoms with E-state index < -0.39 is 0 Å². The van der Waals surface area contributed by atoms with Crippen molar-refractivity contribution < 1.29 is 0 Å². The molecule has 0 aliphatic heterocycles. The van der Waals surface area contributed by atoms with Crippen LogP contribution < -0.4 is 0 Å². The molecule has 4 rings (SSSR count). The van der Waals surface area contributed by atoms with Gasteiger partial charge in [-0.3, -0.25) is 0 Å². The number of hydrogen-bond donors (Lipinski definition) is 0. The third-order valence-corrected chi connectivity index (χ3v) is 5.45. The molecule has 0 N–H and O–H groups in total. The number of hydrogen-bond acceptors (Lipinski definition) is 0. The average Bonchev–Trinajstić information content (AvgIpc) is 2.60. The molecule has 0 radical (unpaired) electrons. The zero-order valence-electron chi connectivity index (χ0n) is 15.7. The molecule has 0 saturated carbocycles. The highest BCUT2D eigenvalue weighted by Crippen LogP contribution is 2.37. The van der Waals surface area contributed by atoms with Crippen molar-refractivity contribution in [2.45, 2.75) is 47.0 Å². The Labute approximate surface area is 150 Å². The number of aryl methyl sites for hydroxylation is 4. The van der Waals surface area contributed by atoms with Gasteiger partial charge in [0, 0.05) is 0 Å². The van der Waals surface area contributed by atoms with Crippen molar-refractivity contribution in [3.8, 4) is 0 Å². The van der Waals surface area contributed by atoms with E-state index in [1.807, 2.05) is 0 Å². The second kappa shape index (κ2) is 6.19. The van der Waals surface area contributed by atoms with Crippen LogP contribution in [0.5, 0.6) is 0 Å². The zero-order chi connectivity index (χ0) is 17.6. The van der Waals surface area contributed by atoms with Gasteiger partial charge in [-0.25, -0.2) is 0 Å². The van der Waals surface area contributed by atoms with Gasteiger partial charge >= 0.3 is 0 Å². The standard InChI is InChI=1S/C25H26/c1-5-6-7-20-15-19-10-8-16(2)13-23(19)24-14-18(4)22-12-17(3)9-11-21(22)25(20)24/h8-15H,5-7H2,1-4H3. The van der Waals surface area contributed by atoms with Crippen LogP contribution in [0, 0.1) is 20.8 Å². The van der Waals surface area contributed by atoms with Crippen LogP contribution in [0.1, 0.15) is 42.0 Å². The maximum Gasteiger partial charge on any atom is -0.00667 e. The number of benzene rings is 4. The molecule has 0 nitrogen and oxygen atoms in total. The molecular formula is C25H26. The first kappa shape index (κ1) is 16.1. The van der Waals surface area contributed by atoms with Crippen molar-refractivity contribution in [3.05, 3.63) is 70.8 Å². The SMILES string of the molecule is CCCCc1cc2ccc(C)cc2c2cc(C)c3cc(C)ccc3c12. The normalized spacial score (nSPS) is 11.7. The van der Waals surface area contributed by atoms with E-state index in [-0.39, 0.29) is 0 Å². The van der Waals surface area contributed by atoms with Crippen LogP contribution >= 0.6 is 0 Å². The fourth-order valence-corrected chi connectivity index (χ4v) is 4.13. The van der Waals surface area contributed by atoms with Crippen LogP contribution in [0.15, 0.2) is 48.5 Å². The third kappa shape index (κ3) is 2.70. The van der Waals surface area contributed by atoms with Crippen molar-refractivity contribution in [2.24, 2.45) is 0 Å². The highest BCUT2D eigenvalue weighted by atomic mass is 14.2. The van der Waals surface area contributed by atoms with E-state index in [0.29, 0.717) is 0 Å². The second-order valence-electron chi connectivity index (χ2n) is 7.53. The summed E-state index contributed by atoms with van der Waals surface area (Å²) in [5.41, 5.74) is 5.54. The predicted molar refractivity (Wildman–Crippen MR) is 112 cm³/mol. The lowest BCUT2D eigenvalue weighted by Crippen LogP contribution is -1.93. The summed E-state index contributed by atoms with van der Waals surface area (Å²) in [7, 11) is 0. The van der Waals surface area contributed by atoms with Crippen molar-refractivity contribution in [1.29, 1.82) is 0 Å². The lowest BCUT2D eigenvalue weighted by molar-refractivity contribution is 0.800. The molecule has 4 aromatic rings. The molecule has 0 bridgehead atoms. The van der Waals surface area contributed by atoms with Gasteiger partial charge in [0.15, 0.2) is 0 Å². The third-order valence-electron chi connectivity index (χ3n) is 5.45. The fraction of sp³-hybridized carbons (Fsp3) is 0.280. The number of fused-ring (bicyclic) bond motifs is 5. The highest BCUT2D eigenvalue weighted by molar-refractivity contribution is 6.19. The van der Waals surface area contributed by atoms with E-state index in [1.54, 1.807) is 0 Å². The molecule has 4 aromatic carbocycles. The van der Waals surface area contributed by atoms with E-state index in [2.05, 4.69) is 76.2 Å². The summed E-state index contributed by atoms with van der Waals surface area (Å²) in [5.74, 6) is 0. The Balaban J connectivity index is 2.22. The van der Waals surface area contributed by atoms with E-state index in [9.17, 15) is 0 Å². The van der Waals surface area contributed by atoms with Crippen molar-refractivity contribution in [3.63, 3.8) is 0 Å². The molecule has 0 aromatic heterocycles. The molecule has 0 amide bonds. The van der Waals surface area contributed by atoms with Gasteiger partial charge in [0.2, 0.25) is 0 Å². The van der Waals surface area contributed by atoms with Gasteiger partial charge in [0.1, 0.15) is 0 Å². The Bertz CT molecular complexity index is 1100. The molecule has 0 aliphatic carbocycles. The maximum atomic E-state index is 2.43. The van der Waals surface area contributed by atoms with Crippen molar-refractivity contribution in [2.75, 3.05) is 0 Å². The Morgan fingerprint density at radius 2 is 1.40 bits per heavy atom. The molecule has 0 aliphatic rings. The Kier molecular flexibility index (Phi) is 4.00. The first-order valence-electron chi connectivity index (χ1n) is 9.44. The summed E-state index contributed by atoms with van der Waals surface area (Å²) in [6, 6.07) is 18.6. The predicted octanol–water partition coefficient (Wildman–Crippen LogP) is 7.41. The van der Waals surface area contributed by atoms with E-state index >= 15 is 0 Å². The van der Waals surface area contributed by atoms with Gasteiger partial charge in [-0.1, -0.05) is 73.0 Å². The molecule has 0 atom stereocenters. The molecule has 0 unspecified atom stereocenters. The molecular weight excluding hydrogens is 300 g/mol. The van der Waals surface area contributed by atoms with Gasteiger partial charge in [0.25, 0.3) is 0 Å². The van der Waals surface area contributed by atoms with Gasteiger partial charge in [0.05, 0.1) is 0 Å². The molecule has 0 spiro atoms. The zero-order valence-corrected chi connectivity index (χ0v) is 15.7. The molecule has 0 fully saturated rings. The molecule has 25 heavy (non-hydrogen) atoms. The van der Waals surface area contributed by atoms with E-state index in [0.717, 1.165) is 6.42 Å². The number of rotatable bonds is 3. The second-order valence-corrected chi connectivity index (χ2v) is 7.53. The molecule has 0 heteroatoms. The average molecular weight is 326 g/mol. The first-order valence-corrected chi connectivity index (χ1v) is 9.44. The van der Waals surface area contributed by atoms with Gasteiger partial charge < -0.3 is 0 Å². The summed E-state index contributed by atoms with van der Waals surface area (Å²) in [5, 5.41) is 8.46. The largest absolute Gasteiger partial charge is 0.0654 e. The maximum absolute atomic E-state index is 2.43. The lowest BCUT2D eigenvalue weighted by atomic mass is 9.88. The fourth-order valence-electron chi connectivity index (χ4n) is 4.13. The highest BCUT2D eigenvalue weighted by Gasteiger charge is 2.12. The van der Waals surface area contributed by atoms with Crippen LogP contribution in [0.2, 0.25) is 0 Å². The molecule has 126 valence electrons. The Morgan fingerprint density at radius 3 is 2.16 bits per heavy atom. The minimum Gasteiger partial charge on any atom is -0.0654 e. The molecule has 0 heterocycles. The molecule has 0 saturated heterocycles. The van der Waals surface area contributed by atoms with Crippen LogP contribution in [0.3, 0.4) is 0 Å². The Morgan fingerprint density at radius 1 is 0.680 bits per heavy atom. The minimum absolute atomic E-state index is 1.16.